The number of amides is 1. The van der Waals surface area contributed by atoms with Gasteiger partial charge in [0.05, 0.1) is 24.0 Å². The van der Waals surface area contributed by atoms with Crippen molar-refractivity contribution in [1.82, 2.24) is 15.3 Å². The Labute approximate surface area is 170 Å². The number of aryl methyl sites for hydroxylation is 1. The molecule has 0 aliphatic carbocycles. The molecule has 1 aromatic heterocycles. The quantitative estimate of drug-likeness (QED) is 0.513. The minimum atomic E-state index is -5.24. The summed E-state index contributed by atoms with van der Waals surface area (Å²) in [6.45, 7) is 4.32. The first-order valence-electron chi connectivity index (χ1n) is 8.68. The van der Waals surface area contributed by atoms with Gasteiger partial charge in [-0.15, -0.1) is 0 Å². The molecule has 8 nitrogen and oxygen atoms in total. The number of anilines is 1. The number of aldehydes is 1. The zero-order valence-electron chi connectivity index (χ0n) is 16.4. The number of nitrogens with one attached hydrogen (secondary N) is 1. The number of alkyl halides is 3. The smallest absolute Gasteiger partial charge is 0.394 e. The molecule has 0 saturated carbocycles. The highest BCUT2D eigenvalue weighted by Crippen LogP contribution is 2.39. The molecule has 2 rings (SSSR count). The Morgan fingerprint density at radius 2 is 1.93 bits per heavy atom. The molecule has 1 unspecified atom stereocenters. The van der Waals surface area contributed by atoms with Gasteiger partial charge >= 0.3 is 6.18 Å². The highest BCUT2D eigenvalue weighted by molar-refractivity contribution is 5.97. The molecule has 0 aliphatic rings. The van der Waals surface area contributed by atoms with Crippen LogP contribution in [0.2, 0.25) is 0 Å². The lowest BCUT2D eigenvalue weighted by molar-refractivity contribution is -0.249. The van der Waals surface area contributed by atoms with Gasteiger partial charge in [0.2, 0.25) is 5.60 Å². The fraction of sp³-hybridized carbons (Fsp3) is 0.368. The Morgan fingerprint density at radius 3 is 2.47 bits per heavy atom. The first kappa shape index (κ1) is 23.2. The van der Waals surface area contributed by atoms with Gasteiger partial charge in [0, 0.05) is 11.1 Å². The zero-order chi connectivity index (χ0) is 22.9. The molecule has 1 atom stereocenters. The van der Waals surface area contributed by atoms with E-state index in [2.05, 4.69) is 15.3 Å². The van der Waals surface area contributed by atoms with Gasteiger partial charge in [-0.25, -0.2) is 9.97 Å². The van der Waals surface area contributed by atoms with Crippen LogP contribution >= 0.6 is 0 Å². The SMILES string of the molecule is Cc1ccc(C(O)(C=O)C(F)(F)F)cc1-c1cnc(N)c(C(=O)NC(C)(C)CO)n1. The predicted octanol–water partition coefficient (Wildman–Crippen LogP) is 1.48. The first-order chi connectivity index (χ1) is 13.8. The molecule has 162 valence electrons. The van der Waals surface area contributed by atoms with Crippen LogP contribution in [0.25, 0.3) is 11.3 Å². The molecule has 0 spiro atoms. The van der Waals surface area contributed by atoms with Crippen molar-refractivity contribution in [2.24, 2.45) is 0 Å². The third-order valence-electron chi connectivity index (χ3n) is 4.42. The van der Waals surface area contributed by atoms with Gasteiger partial charge in [0.15, 0.2) is 17.8 Å². The van der Waals surface area contributed by atoms with Crippen LogP contribution in [0.3, 0.4) is 0 Å². The maximum absolute atomic E-state index is 13.2. The predicted molar refractivity (Wildman–Crippen MR) is 101 cm³/mol. The fourth-order valence-corrected chi connectivity index (χ4v) is 2.53. The summed E-state index contributed by atoms with van der Waals surface area (Å²) in [7, 11) is 0. The van der Waals surface area contributed by atoms with Crippen LogP contribution in [0.15, 0.2) is 24.4 Å². The lowest BCUT2D eigenvalue weighted by atomic mass is 9.91. The standard InChI is InChI=1S/C19H21F3N4O4/c1-10-4-5-11(18(30,9-28)19(20,21)22)6-12(10)13-7-24-15(23)14(25-13)16(29)26-17(2,3)8-27/h4-7,9,27,30H,8H2,1-3H3,(H2,23,24)(H,26,29). The van der Waals surface area contributed by atoms with Crippen molar-refractivity contribution in [3.63, 3.8) is 0 Å². The van der Waals surface area contributed by atoms with E-state index in [1.54, 1.807) is 20.8 Å². The van der Waals surface area contributed by atoms with Crippen LogP contribution in [0.5, 0.6) is 0 Å². The Hall–Kier alpha value is -3.05. The van der Waals surface area contributed by atoms with E-state index in [1.807, 2.05) is 0 Å². The van der Waals surface area contributed by atoms with Gasteiger partial charge < -0.3 is 21.3 Å². The average molecular weight is 426 g/mol. The summed E-state index contributed by atoms with van der Waals surface area (Å²) in [5.41, 5.74) is 0.592. The number of aromatic nitrogens is 2. The average Bonchev–Trinajstić information content (AvgIpc) is 2.67. The van der Waals surface area contributed by atoms with E-state index in [1.165, 1.54) is 6.07 Å². The largest absolute Gasteiger partial charge is 0.428 e. The van der Waals surface area contributed by atoms with Crippen LogP contribution in [0.4, 0.5) is 19.0 Å². The molecule has 5 N–H and O–H groups in total. The van der Waals surface area contributed by atoms with Gasteiger partial charge in [0.25, 0.3) is 5.91 Å². The number of aliphatic hydroxyl groups is 2. The minimum absolute atomic E-state index is 0.00549. The third-order valence-corrected chi connectivity index (χ3v) is 4.42. The summed E-state index contributed by atoms with van der Waals surface area (Å²) in [6, 6.07) is 3.21. The molecule has 2 aromatic rings. The fourth-order valence-electron chi connectivity index (χ4n) is 2.53. The van der Waals surface area contributed by atoms with E-state index < -0.39 is 35.1 Å². The van der Waals surface area contributed by atoms with Gasteiger partial charge in [-0.2, -0.15) is 13.2 Å². The van der Waals surface area contributed by atoms with Gasteiger partial charge in [-0.1, -0.05) is 12.1 Å². The van der Waals surface area contributed by atoms with Crippen LogP contribution in [-0.4, -0.2) is 50.7 Å². The molecule has 0 saturated heterocycles. The molecule has 0 radical (unpaired) electrons. The summed E-state index contributed by atoms with van der Waals surface area (Å²) in [5, 5.41) is 21.7. The summed E-state index contributed by atoms with van der Waals surface area (Å²) < 4.78 is 39.7. The molecule has 30 heavy (non-hydrogen) atoms. The van der Waals surface area contributed by atoms with E-state index >= 15 is 0 Å². The second kappa shape index (κ2) is 8.00. The Balaban J connectivity index is 2.58. The van der Waals surface area contributed by atoms with Crippen molar-refractivity contribution in [3.05, 3.63) is 41.2 Å². The summed E-state index contributed by atoms with van der Waals surface area (Å²) in [6.07, 6.45) is -4.68. The molecular formula is C19H21F3N4O4. The molecule has 1 amide bonds. The maximum Gasteiger partial charge on any atom is 0.428 e. The molecule has 0 aliphatic heterocycles. The highest BCUT2D eigenvalue weighted by atomic mass is 19.4. The normalized spacial score (nSPS) is 14.1. The molecule has 11 heteroatoms. The number of nitrogens with zero attached hydrogens (tertiary/aromatic N) is 2. The Bertz CT molecular complexity index is 979. The lowest BCUT2D eigenvalue weighted by Gasteiger charge is -2.26. The van der Waals surface area contributed by atoms with Gasteiger partial charge in [0.1, 0.15) is 0 Å². The van der Waals surface area contributed by atoms with Crippen LogP contribution in [0, 0.1) is 6.92 Å². The number of hydrogen-bond donors (Lipinski definition) is 4. The summed E-state index contributed by atoms with van der Waals surface area (Å²) in [4.78, 5) is 31.5. The number of benzene rings is 1. The number of aliphatic hydroxyl groups excluding tert-OH is 1. The molecule has 0 fully saturated rings. The van der Waals surface area contributed by atoms with Crippen LogP contribution in [0.1, 0.15) is 35.5 Å². The van der Waals surface area contributed by atoms with Crippen molar-refractivity contribution < 1.29 is 33.0 Å². The van der Waals surface area contributed by atoms with Crippen molar-refractivity contribution in [1.29, 1.82) is 0 Å². The van der Waals surface area contributed by atoms with Crippen molar-refractivity contribution in [2.45, 2.75) is 38.1 Å². The summed E-state index contributed by atoms with van der Waals surface area (Å²) in [5.74, 6) is -0.965. The number of carbonyl (C=O) groups excluding carboxylic acids is 2. The second-order valence-electron chi connectivity index (χ2n) is 7.40. The van der Waals surface area contributed by atoms with E-state index in [-0.39, 0.29) is 29.4 Å². The first-order valence-corrected chi connectivity index (χ1v) is 8.68. The van der Waals surface area contributed by atoms with Gasteiger partial charge in [-0.05, 0) is 32.4 Å². The molecule has 1 aromatic carbocycles. The number of carbonyl (C=O) groups is 2. The van der Waals surface area contributed by atoms with Crippen LogP contribution in [-0.2, 0) is 10.4 Å². The Morgan fingerprint density at radius 1 is 1.30 bits per heavy atom. The van der Waals surface area contributed by atoms with Gasteiger partial charge in [-0.3, -0.25) is 9.59 Å². The van der Waals surface area contributed by atoms with E-state index in [0.717, 1.165) is 18.3 Å². The highest BCUT2D eigenvalue weighted by Gasteiger charge is 2.55. The summed E-state index contributed by atoms with van der Waals surface area (Å²) >= 11 is 0. The third kappa shape index (κ3) is 4.41. The van der Waals surface area contributed by atoms with E-state index in [9.17, 15) is 33.0 Å². The van der Waals surface area contributed by atoms with E-state index in [0.29, 0.717) is 5.56 Å². The number of nitrogen functional groups attached to an aromatic ring is 1. The number of rotatable bonds is 6. The topological polar surface area (TPSA) is 138 Å². The minimum Gasteiger partial charge on any atom is -0.394 e. The lowest BCUT2D eigenvalue weighted by Crippen LogP contribution is -2.46. The second-order valence-corrected chi connectivity index (χ2v) is 7.40. The number of halogens is 3. The number of hydrogen-bond acceptors (Lipinski definition) is 7. The Kier molecular flexibility index (Phi) is 6.19. The maximum atomic E-state index is 13.2. The van der Waals surface area contributed by atoms with Crippen LogP contribution < -0.4 is 11.1 Å². The van der Waals surface area contributed by atoms with Crippen molar-refractivity contribution in [2.75, 3.05) is 12.3 Å². The van der Waals surface area contributed by atoms with Crippen molar-refractivity contribution >= 4 is 18.0 Å². The molecule has 0 bridgehead atoms. The molecular weight excluding hydrogens is 405 g/mol. The zero-order valence-corrected chi connectivity index (χ0v) is 16.4. The molecule has 1 heterocycles. The number of nitrogens with two attached hydrogens (primary N) is 1. The monoisotopic (exact) mass is 426 g/mol. The van der Waals surface area contributed by atoms with E-state index in [4.69, 9.17) is 5.73 Å². The van der Waals surface area contributed by atoms with Crippen molar-refractivity contribution in [3.8, 4) is 11.3 Å².